The van der Waals surface area contributed by atoms with Gasteiger partial charge in [-0.3, -0.25) is 4.79 Å². The molecule has 0 bridgehead atoms. The van der Waals surface area contributed by atoms with Crippen LogP contribution in [0.3, 0.4) is 0 Å². The first-order valence-electron chi connectivity index (χ1n) is 4.87. The van der Waals surface area contributed by atoms with Gasteiger partial charge in [-0.05, 0) is 30.6 Å². The second kappa shape index (κ2) is 2.75. The van der Waals surface area contributed by atoms with E-state index in [2.05, 4.69) is 13.8 Å². The quantitative estimate of drug-likeness (QED) is 0.516. The lowest BCUT2D eigenvalue weighted by Gasteiger charge is -2.31. The van der Waals surface area contributed by atoms with Crippen molar-refractivity contribution in [2.45, 2.75) is 26.7 Å². The largest absolute Gasteiger partial charge is 0.465 e. The van der Waals surface area contributed by atoms with Crippen molar-refractivity contribution in [1.82, 2.24) is 0 Å². The fourth-order valence-corrected chi connectivity index (χ4v) is 2.72. The van der Waals surface area contributed by atoms with Gasteiger partial charge in [-0.2, -0.15) is 0 Å². The molecular weight excluding hydrogens is 152 g/mol. The highest BCUT2D eigenvalue weighted by Crippen LogP contribution is 2.44. The number of cyclic esters (lactones) is 1. The van der Waals surface area contributed by atoms with Crippen LogP contribution in [0, 0.1) is 23.7 Å². The zero-order chi connectivity index (χ0) is 8.72. The highest BCUT2D eigenvalue weighted by molar-refractivity contribution is 5.74. The Bertz CT molecular complexity index is 200. The highest BCUT2D eigenvalue weighted by atomic mass is 16.5. The van der Waals surface area contributed by atoms with Gasteiger partial charge in [0.2, 0.25) is 0 Å². The molecule has 2 rings (SSSR count). The fraction of sp³-hybridized carbons (Fsp3) is 0.900. The molecule has 1 unspecified atom stereocenters. The molecule has 0 aromatic rings. The van der Waals surface area contributed by atoms with Crippen LogP contribution in [0.1, 0.15) is 26.7 Å². The Balaban J connectivity index is 2.18. The maximum Gasteiger partial charge on any atom is 0.309 e. The zero-order valence-electron chi connectivity index (χ0n) is 7.75. The van der Waals surface area contributed by atoms with Crippen molar-refractivity contribution >= 4 is 5.97 Å². The van der Waals surface area contributed by atoms with Crippen molar-refractivity contribution in [2.24, 2.45) is 23.7 Å². The summed E-state index contributed by atoms with van der Waals surface area (Å²) < 4.78 is 5.14. The van der Waals surface area contributed by atoms with E-state index in [4.69, 9.17) is 4.74 Å². The van der Waals surface area contributed by atoms with Crippen LogP contribution in [0.25, 0.3) is 0 Å². The lowest BCUT2D eigenvalue weighted by atomic mass is 9.81. The number of hydrogen-bond acceptors (Lipinski definition) is 2. The van der Waals surface area contributed by atoms with Crippen LogP contribution < -0.4 is 0 Å². The van der Waals surface area contributed by atoms with Gasteiger partial charge in [-0.15, -0.1) is 0 Å². The van der Waals surface area contributed by atoms with Crippen LogP contribution in [0.2, 0.25) is 0 Å². The monoisotopic (exact) mass is 168 g/mol. The molecule has 4 atom stereocenters. The second-order valence-electron chi connectivity index (χ2n) is 4.35. The molecule has 0 aromatic carbocycles. The minimum Gasteiger partial charge on any atom is -0.465 e. The van der Waals surface area contributed by atoms with Gasteiger partial charge >= 0.3 is 5.97 Å². The molecule has 1 aliphatic heterocycles. The van der Waals surface area contributed by atoms with Gasteiger partial charge in [0.1, 0.15) is 0 Å². The molecule has 0 amide bonds. The third-order valence-corrected chi connectivity index (χ3v) is 3.52. The summed E-state index contributed by atoms with van der Waals surface area (Å²) in [7, 11) is 0. The first-order valence-corrected chi connectivity index (χ1v) is 4.87. The predicted octanol–water partition coefficient (Wildman–Crippen LogP) is 1.84. The van der Waals surface area contributed by atoms with Gasteiger partial charge in [0, 0.05) is 0 Å². The molecule has 12 heavy (non-hydrogen) atoms. The summed E-state index contributed by atoms with van der Waals surface area (Å²) in [5.41, 5.74) is 0. The average molecular weight is 168 g/mol. The molecule has 0 N–H and O–H groups in total. The molecule has 2 heteroatoms. The van der Waals surface area contributed by atoms with Gasteiger partial charge in [-0.25, -0.2) is 0 Å². The molecule has 0 spiro atoms. The number of rotatable bonds is 0. The summed E-state index contributed by atoms with van der Waals surface area (Å²) in [6, 6.07) is 0. The zero-order valence-corrected chi connectivity index (χ0v) is 7.75. The standard InChI is InChI=1S/C10H16O2/c1-6-3-4-8-7(2)5-12-10(11)9(6)8/h6-9H,3-5H2,1-2H3/t6-,7?,8+,9+/m0/s1. The molecule has 1 saturated heterocycles. The number of esters is 1. The summed E-state index contributed by atoms with van der Waals surface area (Å²) in [5.74, 6) is 2.01. The lowest BCUT2D eigenvalue weighted by molar-refractivity contribution is -0.160. The molecule has 68 valence electrons. The average Bonchev–Trinajstić information content (AvgIpc) is 2.42. The Hall–Kier alpha value is -0.530. The Morgan fingerprint density at radius 1 is 1.25 bits per heavy atom. The topological polar surface area (TPSA) is 26.3 Å². The first kappa shape index (κ1) is 8.09. The summed E-state index contributed by atoms with van der Waals surface area (Å²) >= 11 is 0. The Kier molecular flexibility index (Phi) is 1.85. The second-order valence-corrected chi connectivity index (χ2v) is 4.35. The van der Waals surface area contributed by atoms with E-state index in [-0.39, 0.29) is 11.9 Å². The maximum atomic E-state index is 11.4. The van der Waals surface area contributed by atoms with Gasteiger partial charge < -0.3 is 4.74 Å². The minimum atomic E-state index is 0.0584. The van der Waals surface area contributed by atoms with E-state index in [9.17, 15) is 4.79 Å². The van der Waals surface area contributed by atoms with Gasteiger partial charge in [0.05, 0.1) is 12.5 Å². The number of ether oxygens (including phenoxy) is 1. The number of fused-ring (bicyclic) bond motifs is 1. The molecule has 2 aliphatic rings. The van der Waals surface area contributed by atoms with E-state index < -0.39 is 0 Å². The van der Waals surface area contributed by atoms with Gasteiger partial charge in [0.25, 0.3) is 0 Å². The smallest absolute Gasteiger partial charge is 0.309 e. The summed E-state index contributed by atoms with van der Waals surface area (Å²) in [4.78, 5) is 11.4. The first-order chi connectivity index (χ1) is 5.70. The van der Waals surface area contributed by atoms with Crippen molar-refractivity contribution in [3.8, 4) is 0 Å². The summed E-state index contributed by atoms with van der Waals surface area (Å²) in [6.45, 7) is 5.01. The molecule has 0 aromatic heterocycles. The van der Waals surface area contributed by atoms with Gasteiger partial charge in [0.15, 0.2) is 0 Å². The Morgan fingerprint density at radius 3 is 2.67 bits per heavy atom. The van der Waals surface area contributed by atoms with E-state index in [1.54, 1.807) is 0 Å². The molecular formula is C10H16O2. The number of carbonyl (C=O) groups excluding carboxylic acids is 1. The molecule has 2 nitrogen and oxygen atoms in total. The predicted molar refractivity (Wildman–Crippen MR) is 45.5 cm³/mol. The van der Waals surface area contributed by atoms with E-state index in [1.165, 1.54) is 12.8 Å². The Labute approximate surface area is 73.3 Å². The van der Waals surface area contributed by atoms with Crippen molar-refractivity contribution in [1.29, 1.82) is 0 Å². The van der Waals surface area contributed by atoms with E-state index in [0.29, 0.717) is 24.4 Å². The van der Waals surface area contributed by atoms with E-state index >= 15 is 0 Å². The van der Waals surface area contributed by atoms with Crippen LogP contribution in [0.15, 0.2) is 0 Å². The van der Waals surface area contributed by atoms with Crippen LogP contribution in [-0.2, 0) is 9.53 Å². The molecule has 1 aliphatic carbocycles. The SMILES string of the molecule is CC1COC(=O)[C@H]2[C@@H]1CC[C@@H]2C. The third kappa shape index (κ3) is 1.05. The van der Waals surface area contributed by atoms with Crippen LogP contribution in [0.4, 0.5) is 0 Å². The van der Waals surface area contributed by atoms with Crippen molar-refractivity contribution in [3.05, 3.63) is 0 Å². The van der Waals surface area contributed by atoms with Crippen LogP contribution in [0.5, 0.6) is 0 Å². The van der Waals surface area contributed by atoms with E-state index in [1.807, 2.05) is 0 Å². The van der Waals surface area contributed by atoms with Crippen molar-refractivity contribution < 1.29 is 9.53 Å². The fourth-order valence-electron chi connectivity index (χ4n) is 2.72. The molecule has 1 saturated carbocycles. The minimum absolute atomic E-state index is 0.0584. The normalized spacial score (nSPS) is 47.0. The molecule has 1 heterocycles. The van der Waals surface area contributed by atoms with E-state index in [0.717, 1.165) is 0 Å². The van der Waals surface area contributed by atoms with Gasteiger partial charge in [-0.1, -0.05) is 13.8 Å². The molecule has 2 fully saturated rings. The number of carbonyl (C=O) groups is 1. The number of hydrogen-bond donors (Lipinski definition) is 0. The van der Waals surface area contributed by atoms with Crippen molar-refractivity contribution in [3.63, 3.8) is 0 Å². The highest BCUT2D eigenvalue weighted by Gasteiger charge is 2.45. The third-order valence-electron chi connectivity index (χ3n) is 3.52. The summed E-state index contributed by atoms with van der Waals surface area (Å²) in [5, 5.41) is 0. The van der Waals surface area contributed by atoms with Crippen LogP contribution in [-0.4, -0.2) is 12.6 Å². The van der Waals surface area contributed by atoms with Crippen molar-refractivity contribution in [2.75, 3.05) is 6.61 Å². The Morgan fingerprint density at radius 2 is 2.00 bits per heavy atom. The van der Waals surface area contributed by atoms with Crippen LogP contribution >= 0.6 is 0 Å². The molecule has 0 radical (unpaired) electrons. The summed E-state index contributed by atoms with van der Waals surface area (Å²) in [6.07, 6.45) is 2.43. The lowest BCUT2D eigenvalue weighted by Crippen LogP contribution is -2.37. The maximum absolute atomic E-state index is 11.4.